The first-order valence-corrected chi connectivity index (χ1v) is 7.47. The van der Waals surface area contributed by atoms with Crippen LogP contribution in [0.15, 0.2) is 48.5 Å². The largest absolute Gasteiger partial charge is 0.465 e. The second kappa shape index (κ2) is 8.58. The zero-order chi connectivity index (χ0) is 18.2. The Labute approximate surface area is 144 Å². The molecule has 7 heteroatoms. The van der Waals surface area contributed by atoms with E-state index in [0.717, 1.165) is 5.56 Å². The number of ether oxygens (including phenoxy) is 1. The van der Waals surface area contributed by atoms with Crippen LogP contribution >= 0.6 is 0 Å². The molecule has 0 fully saturated rings. The Morgan fingerprint density at radius 1 is 0.960 bits per heavy atom. The van der Waals surface area contributed by atoms with E-state index in [2.05, 4.69) is 15.4 Å². The van der Waals surface area contributed by atoms with E-state index in [0.29, 0.717) is 11.3 Å². The van der Waals surface area contributed by atoms with Gasteiger partial charge in [0.25, 0.3) is 0 Å². The highest BCUT2D eigenvalue weighted by Crippen LogP contribution is 2.10. The summed E-state index contributed by atoms with van der Waals surface area (Å²) in [5, 5.41) is 5.14. The third kappa shape index (κ3) is 5.72. The van der Waals surface area contributed by atoms with Crippen molar-refractivity contribution in [1.82, 2.24) is 5.32 Å². The molecule has 0 atom stereocenters. The predicted molar refractivity (Wildman–Crippen MR) is 89.3 cm³/mol. The minimum absolute atomic E-state index is 0.209. The minimum Gasteiger partial charge on any atom is -0.465 e. The smallest absolute Gasteiger partial charge is 0.337 e. The van der Waals surface area contributed by atoms with Gasteiger partial charge in [-0.05, 0) is 42.0 Å². The Bertz CT molecular complexity index is 758. The lowest BCUT2D eigenvalue weighted by Gasteiger charge is -2.07. The first-order valence-electron chi connectivity index (χ1n) is 7.47. The summed E-state index contributed by atoms with van der Waals surface area (Å²) in [5.74, 6) is -1.76. The monoisotopic (exact) mass is 344 g/mol. The Morgan fingerprint density at radius 2 is 1.60 bits per heavy atom. The van der Waals surface area contributed by atoms with Gasteiger partial charge in [-0.3, -0.25) is 9.59 Å². The Morgan fingerprint density at radius 3 is 2.20 bits per heavy atom. The van der Waals surface area contributed by atoms with E-state index in [1.807, 2.05) is 0 Å². The summed E-state index contributed by atoms with van der Waals surface area (Å²) in [7, 11) is 1.28. The highest BCUT2D eigenvalue weighted by atomic mass is 19.1. The average Bonchev–Trinajstić information content (AvgIpc) is 2.61. The molecular formula is C18H17FN2O4. The Balaban J connectivity index is 1.80. The van der Waals surface area contributed by atoms with Gasteiger partial charge in [0, 0.05) is 12.2 Å². The van der Waals surface area contributed by atoms with E-state index in [1.54, 1.807) is 24.3 Å². The highest BCUT2D eigenvalue weighted by molar-refractivity contribution is 6.03. The second-order valence-electron chi connectivity index (χ2n) is 5.20. The second-order valence-corrected chi connectivity index (χ2v) is 5.20. The standard InChI is InChI=1S/C18H17FN2O4/c1-25-18(24)13-4-8-15(9-5-13)21-17(23)10-16(22)20-11-12-2-6-14(19)7-3-12/h2-9H,10-11H2,1H3,(H,20,22)(H,21,23). The molecule has 130 valence electrons. The summed E-state index contributed by atoms with van der Waals surface area (Å²) in [6, 6.07) is 11.8. The molecule has 0 radical (unpaired) electrons. The van der Waals surface area contributed by atoms with Crippen LogP contribution in [-0.4, -0.2) is 24.9 Å². The van der Waals surface area contributed by atoms with Crippen LogP contribution in [0.5, 0.6) is 0 Å². The van der Waals surface area contributed by atoms with Gasteiger partial charge < -0.3 is 15.4 Å². The first-order chi connectivity index (χ1) is 12.0. The van der Waals surface area contributed by atoms with E-state index in [-0.39, 0.29) is 18.8 Å². The number of anilines is 1. The van der Waals surface area contributed by atoms with Crippen LogP contribution in [-0.2, 0) is 20.9 Å². The predicted octanol–water partition coefficient (Wildman–Crippen LogP) is 2.26. The molecule has 6 nitrogen and oxygen atoms in total. The number of carbonyl (C=O) groups excluding carboxylic acids is 3. The van der Waals surface area contributed by atoms with Crippen molar-refractivity contribution >= 4 is 23.5 Å². The Kier molecular flexibility index (Phi) is 6.22. The van der Waals surface area contributed by atoms with Crippen molar-refractivity contribution < 1.29 is 23.5 Å². The molecule has 0 unspecified atom stereocenters. The SMILES string of the molecule is COC(=O)c1ccc(NC(=O)CC(=O)NCc2ccc(F)cc2)cc1. The van der Waals surface area contributed by atoms with Crippen molar-refractivity contribution in [2.45, 2.75) is 13.0 Å². The molecule has 25 heavy (non-hydrogen) atoms. The van der Waals surface area contributed by atoms with Crippen LogP contribution in [0, 0.1) is 5.82 Å². The molecule has 0 saturated heterocycles. The van der Waals surface area contributed by atoms with Crippen molar-refractivity contribution in [3.05, 3.63) is 65.5 Å². The molecule has 0 aliphatic carbocycles. The molecule has 0 heterocycles. The van der Waals surface area contributed by atoms with Gasteiger partial charge in [0.2, 0.25) is 11.8 Å². The van der Waals surface area contributed by atoms with Gasteiger partial charge in [-0.1, -0.05) is 12.1 Å². The maximum Gasteiger partial charge on any atom is 0.337 e. The maximum absolute atomic E-state index is 12.8. The third-order valence-corrected chi connectivity index (χ3v) is 3.31. The number of methoxy groups -OCH3 is 1. The van der Waals surface area contributed by atoms with Crippen LogP contribution in [0.3, 0.4) is 0 Å². The van der Waals surface area contributed by atoms with Crippen LogP contribution in [0.25, 0.3) is 0 Å². The van der Waals surface area contributed by atoms with Crippen molar-refractivity contribution in [3.8, 4) is 0 Å². The van der Waals surface area contributed by atoms with Crippen LogP contribution in [0.1, 0.15) is 22.3 Å². The number of rotatable bonds is 6. The van der Waals surface area contributed by atoms with E-state index < -0.39 is 17.8 Å². The topological polar surface area (TPSA) is 84.5 Å². The van der Waals surface area contributed by atoms with Crippen molar-refractivity contribution in [2.24, 2.45) is 0 Å². The molecule has 2 amide bonds. The van der Waals surface area contributed by atoms with Gasteiger partial charge in [-0.25, -0.2) is 9.18 Å². The molecule has 0 aromatic heterocycles. The number of halogens is 1. The molecule has 2 rings (SSSR count). The zero-order valence-corrected chi connectivity index (χ0v) is 13.5. The fourth-order valence-corrected chi connectivity index (χ4v) is 2.02. The molecule has 0 aliphatic rings. The van der Waals surface area contributed by atoms with Crippen LogP contribution in [0.4, 0.5) is 10.1 Å². The molecule has 2 aromatic rings. The van der Waals surface area contributed by atoms with Crippen molar-refractivity contribution in [3.63, 3.8) is 0 Å². The Hall–Kier alpha value is -3.22. The van der Waals surface area contributed by atoms with Crippen molar-refractivity contribution in [1.29, 1.82) is 0 Å². The van der Waals surface area contributed by atoms with Crippen LogP contribution in [0.2, 0.25) is 0 Å². The van der Waals surface area contributed by atoms with E-state index in [1.165, 1.54) is 31.4 Å². The van der Waals surface area contributed by atoms with Gasteiger partial charge in [0.1, 0.15) is 12.2 Å². The number of esters is 1. The van der Waals surface area contributed by atoms with E-state index >= 15 is 0 Å². The molecular weight excluding hydrogens is 327 g/mol. The summed E-state index contributed by atoms with van der Waals surface area (Å²) in [4.78, 5) is 34.9. The molecule has 2 N–H and O–H groups in total. The lowest BCUT2D eigenvalue weighted by Crippen LogP contribution is -2.27. The van der Waals surface area contributed by atoms with Gasteiger partial charge in [0.05, 0.1) is 12.7 Å². The number of hydrogen-bond acceptors (Lipinski definition) is 4. The fourth-order valence-electron chi connectivity index (χ4n) is 2.02. The minimum atomic E-state index is -0.484. The number of benzene rings is 2. The van der Waals surface area contributed by atoms with E-state index in [9.17, 15) is 18.8 Å². The summed E-state index contributed by atoms with van der Waals surface area (Å²) < 4.78 is 17.4. The van der Waals surface area contributed by atoms with Gasteiger partial charge in [-0.2, -0.15) is 0 Å². The molecule has 2 aromatic carbocycles. The van der Waals surface area contributed by atoms with E-state index in [4.69, 9.17) is 0 Å². The first kappa shape index (κ1) is 18.1. The average molecular weight is 344 g/mol. The number of hydrogen-bond donors (Lipinski definition) is 2. The van der Waals surface area contributed by atoms with Gasteiger partial charge >= 0.3 is 5.97 Å². The summed E-state index contributed by atoms with van der Waals surface area (Å²) in [5.41, 5.74) is 1.55. The lowest BCUT2D eigenvalue weighted by atomic mass is 10.2. The van der Waals surface area contributed by atoms with Crippen LogP contribution < -0.4 is 10.6 Å². The number of carbonyl (C=O) groups is 3. The maximum atomic E-state index is 12.8. The third-order valence-electron chi connectivity index (χ3n) is 3.31. The molecule has 0 spiro atoms. The lowest BCUT2D eigenvalue weighted by molar-refractivity contribution is -0.126. The molecule has 0 saturated carbocycles. The summed E-state index contributed by atoms with van der Waals surface area (Å²) in [6.07, 6.45) is -0.347. The number of nitrogens with one attached hydrogen (secondary N) is 2. The number of amides is 2. The molecule has 0 bridgehead atoms. The molecule has 0 aliphatic heterocycles. The van der Waals surface area contributed by atoms with Gasteiger partial charge in [0.15, 0.2) is 0 Å². The summed E-state index contributed by atoms with van der Waals surface area (Å²) in [6.45, 7) is 0.209. The van der Waals surface area contributed by atoms with Gasteiger partial charge in [-0.15, -0.1) is 0 Å². The summed E-state index contributed by atoms with van der Waals surface area (Å²) >= 11 is 0. The van der Waals surface area contributed by atoms with Crippen molar-refractivity contribution in [2.75, 3.05) is 12.4 Å². The quantitative estimate of drug-likeness (QED) is 0.622. The highest BCUT2D eigenvalue weighted by Gasteiger charge is 2.10. The fraction of sp³-hybridized carbons (Fsp3) is 0.167. The zero-order valence-electron chi connectivity index (χ0n) is 13.5. The normalized spacial score (nSPS) is 10.0.